The molecule has 0 aliphatic carbocycles. The van der Waals surface area contributed by atoms with E-state index in [0.717, 1.165) is 12.5 Å². The van der Waals surface area contributed by atoms with Crippen LogP contribution in [0.15, 0.2) is 0 Å². The Labute approximate surface area is 91.5 Å². The van der Waals surface area contributed by atoms with Crippen molar-refractivity contribution in [3.8, 4) is 0 Å². The molecule has 0 spiro atoms. The van der Waals surface area contributed by atoms with Crippen molar-refractivity contribution in [3.05, 3.63) is 0 Å². The molecule has 2 heteroatoms. The van der Waals surface area contributed by atoms with Gasteiger partial charge in [-0.2, -0.15) is 0 Å². The van der Waals surface area contributed by atoms with E-state index in [1.807, 2.05) is 0 Å². The van der Waals surface area contributed by atoms with E-state index in [1.165, 1.54) is 25.9 Å². The van der Waals surface area contributed by atoms with Crippen molar-refractivity contribution < 1.29 is 1.43 Å². The molecule has 14 heavy (non-hydrogen) atoms. The summed E-state index contributed by atoms with van der Waals surface area (Å²) >= 11 is 0. The highest BCUT2D eigenvalue weighted by molar-refractivity contribution is 4.57. The van der Waals surface area contributed by atoms with Gasteiger partial charge in [0.2, 0.25) is 0 Å². The normalized spacial score (nSPS) is 12.0. The smallest absolute Gasteiger partial charge is 0.00103 e. The second-order valence-corrected chi connectivity index (χ2v) is 4.97. The molecule has 1 N–H and O–H groups in total. The van der Waals surface area contributed by atoms with Crippen LogP contribution in [-0.4, -0.2) is 37.6 Å². The van der Waals surface area contributed by atoms with Crippen molar-refractivity contribution in [2.24, 2.45) is 5.92 Å². The number of nitrogens with zero attached hydrogens (tertiary/aromatic N) is 1. The first-order chi connectivity index (χ1) is 6.52. The van der Waals surface area contributed by atoms with Gasteiger partial charge in [0.25, 0.3) is 0 Å². The SMILES string of the molecule is CC(C)CN(C)CCCCNC(C)C.[HH]. The quantitative estimate of drug-likeness (QED) is 0.609. The molecule has 0 rings (SSSR count). The maximum absolute atomic E-state index is 3.44. The molecule has 0 aromatic carbocycles. The van der Waals surface area contributed by atoms with Crippen LogP contribution in [0.25, 0.3) is 0 Å². The summed E-state index contributed by atoms with van der Waals surface area (Å²) in [6.07, 6.45) is 2.60. The van der Waals surface area contributed by atoms with E-state index in [0.29, 0.717) is 6.04 Å². The average molecular weight is 202 g/mol. The number of rotatable bonds is 8. The molecule has 0 bridgehead atoms. The summed E-state index contributed by atoms with van der Waals surface area (Å²) in [6.45, 7) is 12.6. The zero-order chi connectivity index (χ0) is 11.0. The first-order valence-corrected chi connectivity index (χ1v) is 5.94. The lowest BCUT2D eigenvalue weighted by molar-refractivity contribution is 0.289. The highest BCUT2D eigenvalue weighted by Crippen LogP contribution is 1.98. The number of hydrogen-bond acceptors (Lipinski definition) is 2. The Hall–Kier alpha value is -0.0800. The Kier molecular flexibility index (Phi) is 8.20. The first-order valence-electron chi connectivity index (χ1n) is 5.94. The van der Waals surface area contributed by atoms with Crippen molar-refractivity contribution in [3.63, 3.8) is 0 Å². The summed E-state index contributed by atoms with van der Waals surface area (Å²) in [5, 5.41) is 3.44. The Morgan fingerprint density at radius 3 is 2.29 bits per heavy atom. The van der Waals surface area contributed by atoms with Gasteiger partial charge in [-0.25, -0.2) is 0 Å². The number of unbranched alkanes of at least 4 members (excludes halogenated alkanes) is 1. The summed E-state index contributed by atoms with van der Waals surface area (Å²) in [7, 11) is 2.22. The molecule has 0 amide bonds. The van der Waals surface area contributed by atoms with Crippen LogP contribution in [0, 0.1) is 5.92 Å². The van der Waals surface area contributed by atoms with Crippen LogP contribution < -0.4 is 5.32 Å². The summed E-state index contributed by atoms with van der Waals surface area (Å²) in [5.41, 5.74) is 0. The van der Waals surface area contributed by atoms with Crippen LogP contribution in [0.1, 0.15) is 42.0 Å². The fraction of sp³-hybridized carbons (Fsp3) is 1.00. The molecule has 0 unspecified atom stereocenters. The predicted molar refractivity (Wildman–Crippen MR) is 66.8 cm³/mol. The van der Waals surface area contributed by atoms with Gasteiger partial charge in [-0.1, -0.05) is 27.7 Å². The molecule has 0 heterocycles. The van der Waals surface area contributed by atoms with E-state index in [1.54, 1.807) is 0 Å². The van der Waals surface area contributed by atoms with Gasteiger partial charge in [0.05, 0.1) is 0 Å². The largest absolute Gasteiger partial charge is 0.315 e. The molecular weight excluding hydrogens is 172 g/mol. The lowest BCUT2D eigenvalue weighted by Crippen LogP contribution is -2.27. The van der Waals surface area contributed by atoms with Gasteiger partial charge in [0.15, 0.2) is 0 Å². The van der Waals surface area contributed by atoms with Gasteiger partial charge >= 0.3 is 0 Å². The van der Waals surface area contributed by atoms with Crippen molar-refractivity contribution in [1.29, 1.82) is 0 Å². The van der Waals surface area contributed by atoms with Gasteiger partial charge < -0.3 is 10.2 Å². The average Bonchev–Trinajstić information content (AvgIpc) is 2.01. The molecule has 0 atom stereocenters. The van der Waals surface area contributed by atoms with Crippen LogP contribution >= 0.6 is 0 Å². The predicted octanol–water partition coefficient (Wildman–Crippen LogP) is 2.60. The molecular formula is C12H30N2. The zero-order valence-electron chi connectivity index (χ0n) is 10.6. The fourth-order valence-corrected chi connectivity index (χ4v) is 1.61. The van der Waals surface area contributed by atoms with E-state index >= 15 is 0 Å². The van der Waals surface area contributed by atoms with Crippen LogP contribution in [0.4, 0.5) is 0 Å². The maximum atomic E-state index is 3.44. The second kappa shape index (κ2) is 8.25. The number of hydrogen-bond donors (Lipinski definition) is 1. The van der Waals surface area contributed by atoms with Crippen molar-refractivity contribution in [1.82, 2.24) is 10.2 Å². The third kappa shape index (κ3) is 10.0. The Bertz CT molecular complexity index is 127. The van der Waals surface area contributed by atoms with Crippen LogP contribution in [0.3, 0.4) is 0 Å². The van der Waals surface area contributed by atoms with Crippen LogP contribution in [0.2, 0.25) is 0 Å². The lowest BCUT2D eigenvalue weighted by atomic mass is 10.2. The van der Waals surface area contributed by atoms with Gasteiger partial charge in [-0.05, 0) is 38.9 Å². The van der Waals surface area contributed by atoms with Crippen LogP contribution in [-0.2, 0) is 0 Å². The highest BCUT2D eigenvalue weighted by Gasteiger charge is 2.00. The monoisotopic (exact) mass is 202 g/mol. The van der Waals surface area contributed by atoms with Crippen molar-refractivity contribution >= 4 is 0 Å². The molecule has 2 nitrogen and oxygen atoms in total. The Balaban J connectivity index is 0. The van der Waals surface area contributed by atoms with E-state index in [2.05, 4.69) is 45.0 Å². The standard InChI is InChI=1S/C12H28N2.H2/c1-11(2)10-14(5)9-7-6-8-13-12(3)4;/h11-13H,6-10H2,1-5H3;1H. The van der Waals surface area contributed by atoms with Gasteiger partial charge in [0, 0.05) is 14.0 Å². The molecule has 0 fully saturated rings. The van der Waals surface area contributed by atoms with E-state index in [4.69, 9.17) is 0 Å². The topological polar surface area (TPSA) is 15.3 Å². The third-order valence-electron chi connectivity index (χ3n) is 2.20. The molecule has 0 radical (unpaired) electrons. The van der Waals surface area contributed by atoms with Crippen molar-refractivity contribution in [2.45, 2.75) is 46.6 Å². The van der Waals surface area contributed by atoms with Crippen LogP contribution in [0.5, 0.6) is 0 Å². The number of nitrogens with one attached hydrogen (secondary N) is 1. The molecule has 88 valence electrons. The van der Waals surface area contributed by atoms with E-state index in [9.17, 15) is 0 Å². The molecule has 0 aromatic rings. The summed E-state index contributed by atoms with van der Waals surface area (Å²) in [4.78, 5) is 2.43. The van der Waals surface area contributed by atoms with E-state index in [-0.39, 0.29) is 1.43 Å². The molecule has 0 aliphatic heterocycles. The Morgan fingerprint density at radius 2 is 1.79 bits per heavy atom. The molecule has 0 saturated carbocycles. The minimum absolute atomic E-state index is 0. The van der Waals surface area contributed by atoms with E-state index < -0.39 is 0 Å². The summed E-state index contributed by atoms with van der Waals surface area (Å²) in [5.74, 6) is 0.786. The maximum Gasteiger partial charge on any atom is 0.00103 e. The van der Waals surface area contributed by atoms with Gasteiger partial charge in [0.1, 0.15) is 0 Å². The summed E-state index contributed by atoms with van der Waals surface area (Å²) < 4.78 is 0. The third-order valence-corrected chi connectivity index (χ3v) is 2.20. The Morgan fingerprint density at radius 1 is 1.14 bits per heavy atom. The zero-order valence-corrected chi connectivity index (χ0v) is 10.6. The van der Waals surface area contributed by atoms with Crippen molar-refractivity contribution in [2.75, 3.05) is 26.7 Å². The molecule has 0 saturated heterocycles. The summed E-state index contributed by atoms with van der Waals surface area (Å²) in [6, 6.07) is 0.628. The molecule has 0 aliphatic rings. The van der Waals surface area contributed by atoms with Gasteiger partial charge in [-0.15, -0.1) is 0 Å². The van der Waals surface area contributed by atoms with Gasteiger partial charge in [-0.3, -0.25) is 0 Å². The lowest BCUT2D eigenvalue weighted by Gasteiger charge is -2.18. The second-order valence-electron chi connectivity index (χ2n) is 4.97. The fourth-order valence-electron chi connectivity index (χ4n) is 1.61. The first kappa shape index (κ1) is 13.9. The molecule has 0 aromatic heterocycles. The minimum atomic E-state index is 0. The minimum Gasteiger partial charge on any atom is -0.315 e. The highest BCUT2D eigenvalue weighted by atomic mass is 15.1.